The van der Waals surface area contributed by atoms with Crippen molar-refractivity contribution in [2.24, 2.45) is 0 Å². The number of carboxylic acid groups (broad SMARTS) is 1. The van der Waals surface area contributed by atoms with Crippen molar-refractivity contribution in [1.29, 1.82) is 0 Å². The van der Waals surface area contributed by atoms with Crippen LogP contribution in [0.25, 0.3) is 11.3 Å². The van der Waals surface area contributed by atoms with Gasteiger partial charge in [-0.1, -0.05) is 17.3 Å². The second kappa shape index (κ2) is 9.97. The summed E-state index contributed by atoms with van der Waals surface area (Å²) in [5.74, 6) is 0.664. The molecule has 1 heterocycles. The maximum absolute atomic E-state index is 12.7. The van der Waals surface area contributed by atoms with Gasteiger partial charge < -0.3 is 19.1 Å². The molecule has 176 valence electrons. The highest BCUT2D eigenvalue weighted by molar-refractivity contribution is 5.76. The second-order valence-electron chi connectivity index (χ2n) is 7.95. The summed E-state index contributed by atoms with van der Waals surface area (Å²) in [6, 6.07) is 13.2. The summed E-state index contributed by atoms with van der Waals surface area (Å²) in [5, 5.41) is 13.0. The molecular formula is C24H24F3NO5. The van der Waals surface area contributed by atoms with Crippen LogP contribution < -0.4 is 9.47 Å². The Morgan fingerprint density at radius 2 is 1.64 bits per heavy atom. The van der Waals surface area contributed by atoms with Gasteiger partial charge in [-0.25, -0.2) is 4.79 Å². The van der Waals surface area contributed by atoms with E-state index in [-0.39, 0.29) is 0 Å². The summed E-state index contributed by atoms with van der Waals surface area (Å²) < 4.78 is 54.4. The third kappa shape index (κ3) is 6.74. The monoisotopic (exact) mass is 463 g/mol. The lowest BCUT2D eigenvalue weighted by molar-refractivity contribution is -0.152. The van der Waals surface area contributed by atoms with Crippen molar-refractivity contribution in [2.75, 3.05) is 6.61 Å². The summed E-state index contributed by atoms with van der Waals surface area (Å²) in [7, 11) is 0. The van der Waals surface area contributed by atoms with Crippen LogP contribution in [0.2, 0.25) is 0 Å². The molecule has 0 radical (unpaired) electrons. The largest absolute Gasteiger partial charge is 0.494 e. The molecule has 0 fully saturated rings. The lowest BCUT2D eigenvalue weighted by atomic mass is 10.1. The fourth-order valence-corrected chi connectivity index (χ4v) is 2.93. The van der Waals surface area contributed by atoms with Gasteiger partial charge in [-0.2, -0.15) is 13.2 Å². The first kappa shape index (κ1) is 24.2. The van der Waals surface area contributed by atoms with E-state index >= 15 is 0 Å². The maximum Gasteiger partial charge on any atom is 0.416 e. The van der Waals surface area contributed by atoms with Crippen molar-refractivity contribution in [3.05, 3.63) is 65.9 Å². The van der Waals surface area contributed by atoms with Gasteiger partial charge in [0.25, 0.3) is 0 Å². The van der Waals surface area contributed by atoms with E-state index in [0.717, 1.165) is 25.0 Å². The minimum absolute atomic E-state index is 0.434. The Morgan fingerprint density at radius 1 is 1.00 bits per heavy atom. The molecule has 2 aromatic carbocycles. The molecule has 0 aliphatic carbocycles. The minimum atomic E-state index is -4.37. The number of halogens is 3. The van der Waals surface area contributed by atoms with Crippen LogP contribution in [0, 0.1) is 0 Å². The predicted octanol–water partition coefficient (Wildman–Crippen LogP) is 6.00. The molecule has 33 heavy (non-hydrogen) atoms. The number of carbonyl (C=O) groups is 1. The number of hydrogen-bond donors (Lipinski definition) is 1. The van der Waals surface area contributed by atoms with Crippen LogP contribution in [0.5, 0.6) is 11.5 Å². The number of benzene rings is 2. The summed E-state index contributed by atoms with van der Waals surface area (Å²) in [5.41, 5.74) is -0.986. The highest BCUT2D eigenvalue weighted by atomic mass is 19.4. The van der Waals surface area contributed by atoms with Gasteiger partial charge in [0.15, 0.2) is 5.60 Å². The zero-order valence-corrected chi connectivity index (χ0v) is 18.2. The Hall–Kier alpha value is -3.49. The molecule has 1 aromatic heterocycles. The number of aliphatic carboxylic acids is 1. The molecule has 0 unspecified atom stereocenters. The maximum atomic E-state index is 12.7. The van der Waals surface area contributed by atoms with E-state index in [1.54, 1.807) is 30.3 Å². The van der Waals surface area contributed by atoms with Crippen molar-refractivity contribution in [3.63, 3.8) is 0 Å². The normalized spacial score (nSPS) is 11.9. The molecule has 0 amide bonds. The number of unbranched alkanes of at least 4 members (excludes halogenated alkanes) is 1. The first-order valence-electron chi connectivity index (χ1n) is 10.3. The van der Waals surface area contributed by atoms with E-state index in [0.29, 0.717) is 41.5 Å². The van der Waals surface area contributed by atoms with E-state index < -0.39 is 23.3 Å². The number of nitrogens with zero attached hydrogens (tertiary/aromatic N) is 1. The van der Waals surface area contributed by atoms with E-state index in [1.165, 1.54) is 26.0 Å². The SMILES string of the molecule is CC(C)(Oc1ccc(OCCCCc2cc(-c3ccc(C(F)(F)F)cc3)no2)cc1)C(=O)O. The van der Waals surface area contributed by atoms with Crippen LogP contribution in [0.3, 0.4) is 0 Å². The van der Waals surface area contributed by atoms with Crippen LogP contribution in [-0.4, -0.2) is 28.4 Å². The van der Waals surface area contributed by atoms with Gasteiger partial charge in [0.1, 0.15) is 23.0 Å². The Kier molecular flexibility index (Phi) is 7.30. The molecular weight excluding hydrogens is 439 g/mol. The Morgan fingerprint density at radius 3 is 2.24 bits per heavy atom. The molecule has 0 saturated carbocycles. The van der Waals surface area contributed by atoms with E-state index in [4.69, 9.17) is 19.1 Å². The van der Waals surface area contributed by atoms with Crippen molar-refractivity contribution >= 4 is 5.97 Å². The van der Waals surface area contributed by atoms with Gasteiger partial charge in [0, 0.05) is 18.1 Å². The zero-order chi connectivity index (χ0) is 24.1. The summed E-state index contributed by atoms with van der Waals surface area (Å²) in [6.07, 6.45) is -2.23. The average molecular weight is 463 g/mol. The highest BCUT2D eigenvalue weighted by Gasteiger charge is 2.30. The van der Waals surface area contributed by atoms with Crippen molar-refractivity contribution < 1.29 is 37.1 Å². The molecule has 3 aromatic rings. The average Bonchev–Trinajstić information content (AvgIpc) is 3.23. The fraction of sp³-hybridized carbons (Fsp3) is 0.333. The quantitative estimate of drug-likeness (QED) is 0.371. The third-order valence-electron chi connectivity index (χ3n) is 4.86. The number of aryl methyl sites for hydroxylation is 1. The molecule has 0 saturated heterocycles. The van der Waals surface area contributed by atoms with E-state index in [1.807, 2.05) is 0 Å². The Labute approximate surface area is 188 Å². The van der Waals surface area contributed by atoms with Gasteiger partial charge >= 0.3 is 12.1 Å². The van der Waals surface area contributed by atoms with Crippen LogP contribution in [0.4, 0.5) is 13.2 Å². The second-order valence-corrected chi connectivity index (χ2v) is 7.95. The molecule has 6 nitrogen and oxygen atoms in total. The smallest absolute Gasteiger partial charge is 0.416 e. The van der Waals surface area contributed by atoms with Crippen LogP contribution in [0.1, 0.15) is 38.0 Å². The number of aromatic nitrogens is 1. The molecule has 3 rings (SSSR count). The van der Waals surface area contributed by atoms with Gasteiger partial charge in [-0.3, -0.25) is 0 Å². The molecule has 0 aliphatic heterocycles. The van der Waals surface area contributed by atoms with Gasteiger partial charge in [0.05, 0.1) is 12.2 Å². The van der Waals surface area contributed by atoms with Crippen molar-refractivity contribution in [1.82, 2.24) is 5.16 Å². The lowest BCUT2D eigenvalue weighted by Crippen LogP contribution is -2.37. The Bertz CT molecular complexity index is 1060. The third-order valence-corrected chi connectivity index (χ3v) is 4.86. The minimum Gasteiger partial charge on any atom is -0.494 e. The first-order chi connectivity index (χ1) is 15.5. The number of rotatable bonds is 10. The number of alkyl halides is 3. The first-order valence-corrected chi connectivity index (χ1v) is 10.3. The molecule has 0 aliphatic rings. The Balaban J connectivity index is 1.41. The van der Waals surface area contributed by atoms with Crippen molar-refractivity contribution in [2.45, 2.75) is 44.9 Å². The lowest BCUT2D eigenvalue weighted by Gasteiger charge is -2.21. The molecule has 0 bridgehead atoms. The van der Waals surface area contributed by atoms with Crippen LogP contribution in [0.15, 0.2) is 59.1 Å². The van der Waals surface area contributed by atoms with Crippen LogP contribution >= 0.6 is 0 Å². The fourth-order valence-electron chi connectivity index (χ4n) is 2.93. The van der Waals surface area contributed by atoms with E-state index in [9.17, 15) is 18.0 Å². The topological polar surface area (TPSA) is 81.8 Å². The summed E-state index contributed by atoms with van der Waals surface area (Å²) in [6.45, 7) is 3.42. The van der Waals surface area contributed by atoms with E-state index in [2.05, 4.69) is 5.16 Å². The number of ether oxygens (including phenoxy) is 2. The zero-order valence-electron chi connectivity index (χ0n) is 18.2. The van der Waals surface area contributed by atoms with Gasteiger partial charge in [0.2, 0.25) is 0 Å². The summed E-state index contributed by atoms with van der Waals surface area (Å²) in [4.78, 5) is 11.1. The predicted molar refractivity (Wildman–Crippen MR) is 114 cm³/mol. The molecule has 9 heteroatoms. The van der Waals surface area contributed by atoms with Gasteiger partial charge in [-0.15, -0.1) is 0 Å². The molecule has 0 spiro atoms. The highest BCUT2D eigenvalue weighted by Crippen LogP contribution is 2.31. The standard InChI is InChI=1S/C24H24F3NO5/c1-23(2,22(29)30)32-19-12-10-18(11-13-19)31-14-4-3-5-20-15-21(28-33-20)16-6-8-17(9-7-16)24(25,26)27/h6-13,15H,3-5,14H2,1-2H3,(H,29,30). The number of carboxylic acids is 1. The molecule has 1 N–H and O–H groups in total. The number of hydrogen-bond acceptors (Lipinski definition) is 5. The van der Waals surface area contributed by atoms with Crippen molar-refractivity contribution in [3.8, 4) is 22.8 Å². The molecule has 0 atom stereocenters. The van der Waals surface area contributed by atoms with Gasteiger partial charge in [-0.05, 0) is 63.1 Å². The van der Waals surface area contributed by atoms with Crippen LogP contribution in [-0.2, 0) is 17.4 Å². The summed E-state index contributed by atoms with van der Waals surface area (Å²) >= 11 is 0.